The Bertz CT molecular complexity index is 566. The van der Waals surface area contributed by atoms with Gasteiger partial charge in [-0.15, -0.1) is 0 Å². The number of imidazole rings is 1. The second-order valence-corrected chi connectivity index (χ2v) is 3.74. The number of nitrogens with two attached hydrogens (primary N) is 1. The molecule has 0 aliphatic carbocycles. The third-order valence-corrected chi connectivity index (χ3v) is 2.40. The lowest BCUT2D eigenvalue weighted by atomic mass is 10.3. The molecule has 0 saturated carbocycles. The largest absolute Gasteiger partial charge is 0.382 e. The van der Waals surface area contributed by atoms with E-state index in [0.29, 0.717) is 17.0 Å². The number of aromatic nitrogens is 4. The van der Waals surface area contributed by atoms with Crippen molar-refractivity contribution in [2.24, 2.45) is 7.05 Å². The smallest absolute Gasteiger partial charge is 0.330 e. The molecule has 2 heterocycles. The van der Waals surface area contributed by atoms with E-state index in [1.54, 1.807) is 11.6 Å². The number of nitrogens with zero attached hydrogens (tertiary/aromatic N) is 4. The van der Waals surface area contributed by atoms with Gasteiger partial charge in [0.05, 0.1) is 0 Å². The highest BCUT2D eigenvalue weighted by Gasteiger charge is 2.16. The van der Waals surface area contributed by atoms with Gasteiger partial charge in [-0.3, -0.25) is 9.13 Å². The summed E-state index contributed by atoms with van der Waals surface area (Å²) in [4.78, 5) is 19.8. The van der Waals surface area contributed by atoms with Gasteiger partial charge in [-0.1, -0.05) is 0 Å². The van der Waals surface area contributed by atoms with E-state index in [0.717, 1.165) is 0 Å². The minimum Gasteiger partial charge on any atom is -0.382 e. The molecule has 2 rings (SSSR count). The van der Waals surface area contributed by atoms with Crippen LogP contribution in [0, 0.1) is 0 Å². The molecule has 0 aromatic carbocycles. The van der Waals surface area contributed by atoms with Crippen LogP contribution in [0.4, 0.5) is 5.82 Å². The molecule has 0 amide bonds. The summed E-state index contributed by atoms with van der Waals surface area (Å²) >= 11 is 0. The molecule has 0 aliphatic heterocycles. The van der Waals surface area contributed by atoms with Gasteiger partial charge in [0.15, 0.2) is 11.5 Å². The van der Waals surface area contributed by atoms with E-state index in [9.17, 15) is 4.79 Å². The van der Waals surface area contributed by atoms with E-state index in [4.69, 9.17) is 5.73 Å². The number of fused-ring (bicyclic) bond motifs is 1. The van der Waals surface area contributed by atoms with Crippen molar-refractivity contribution < 1.29 is 0 Å². The topological polar surface area (TPSA) is 78.7 Å². The van der Waals surface area contributed by atoms with Crippen molar-refractivity contribution in [3.05, 3.63) is 16.8 Å². The Morgan fingerprint density at radius 2 is 2.07 bits per heavy atom. The molecular weight excluding hydrogens is 194 g/mol. The highest BCUT2D eigenvalue weighted by molar-refractivity contribution is 5.82. The molecule has 0 bridgehead atoms. The first-order chi connectivity index (χ1) is 7.04. The van der Waals surface area contributed by atoms with E-state index in [1.165, 1.54) is 10.9 Å². The highest BCUT2D eigenvalue weighted by atomic mass is 16.1. The van der Waals surface area contributed by atoms with E-state index in [1.807, 2.05) is 13.8 Å². The number of hydrogen-bond donors (Lipinski definition) is 1. The van der Waals surface area contributed by atoms with Crippen LogP contribution in [0.25, 0.3) is 11.2 Å². The van der Waals surface area contributed by atoms with Crippen molar-refractivity contribution in [2.45, 2.75) is 19.9 Å². The van der Waals surface area contributed by atoms with Crippen LogP contribution in [-0.2, 0) is 7.05 Å². The van der Waals surface area contributed by atoms with E-state index < -0.39 is 0 Å². The summed E-state index contributed by atoms with van der Waals surface area (Å²) in [5, 5.41) is 0. The van der Waals surface area contributed by atoms with Crippen LogP contribution in [0.2, 0.25) is 0 Å². The number of anilines is 1. The zero-order chi connectivity index (χ0) is 11.2. The summed E-state index contributed by atoms with van der Waals surface area (Å²) in [6, 6.07) is 0.0366. The van der Waals surface area contributed by atoms with Crippen molar-refractivity contribution in [1.29, 1.82) is 0 Å². The van der Waals surface area contributed by atoms with Gasteiger partial charge in [0.2, 0.25) is 0 Å². The molecule has 0 radical (unpaired) electrons. The molecule has 6 heteroatoms. The molecular formula is C9H13N5O. The average molecular weight is 207 g/mol. The predicted octanol–water partition coefficient (Wildman–Crippen LogP) is 0.293. The number of hydrogen-bond acceptors (Lipinski definition) is 4. The summed E-state index contributed by atoms with van der Waals surface area (Å²) in [5.74, 6) is 0.339. The Morgan fingerprint density at radius 1 is 1.40 bits per heavy atom. The van der Waals surface area contributed by atoms with E-state index in [2.05, 4.69) is 9.97 Å². The summed E-state index contributed by atoms with van der Waals surface area (Å²) in [7, 11) is 1.68. The molecule has 2 aromatic heterocycles. The monoisotopic (exact) mass is 207 g/mol. The second kappa shape index (κ2) is 3.08. The summed E-state index contributed by atoms with van der Waals surface area (Å²) in [6.45, 7) is 3.85. The Hall–Kier alpha value is -1.85. The standard InChI is InChI=1S/C9H13N5O/c1-5(2)14-6-7(10)11-4-12-8(6)13(3)9(14)15/h4-5H,1-3H3,(H2,10,11,12). The van der Waals surface area contributed by atoms with E-state index in [-0.39, 0.29) is 11.7 Å². The fourth-order valence-electron chi connectivity index (χ4n) is 1.69. The maximum absolute atomic E-state index is 11.9. The van der Waals surface area contributed by atoms with Crippen molar-refractivity contribution in [3.8, 4) is 0 Å². The quantitative estimate of drug-likeness (QED) is 0.729. The van der Waals surface area contributed by atoms with Gasteiger partial charge in [0.25, 0.3) is 0 Å². The number of nitrogen functional groups attached to an aromatic ring is 1. The number of rotatable bonds is 1. The van der Waals surface area contributed by atoms with Crippen molar-refractivity contribution in [2.75, 3.05) is 5.73 Å². The van der Waals surface area contributed by atoms with Crippen molar-refractivity contribution in [1.82, 2.24) is 19.1 Å². The maximum atomic E-state index is 11.9. The minimum absolute atomic E-state index is 0.0366. The van der Waals surface area contributed by atoms with Crippen LogP contribution in [-0.4, -0.2) is 19.1 Å². The summed E-state index contributed by atoms with van der Waals surface area (Å²) in [6.07, 6.45) is 1.36. The third kappa shape index (κ3) is 1.21. The first-order valence-electron chi connectivity index (χ1n) is 4.71. The lowest BCUT2D eigenvalue weighted by molar-refractivity contribution is 0.583. The zero-order valence-corrected chi connectivity index (χ0v) is 8.93. The highest BCUT2D eigenvalue weighted by Crippen LogP contribution is 2.17. The van der Waals surface area contributed by atoms with E-state index >= 15 is 0 Å². The first kappa shape index (κ1) is 9.70. The van der Waals surface area contributed by atoms with Gasteiger partial charge in [-0.25, -0.2) is 14.8 Å². The molecule has 2 N–H and O–H groups in total. The Kier molecular flexibility index (Phi) is 1.99. The van der Waals surface area contributed by atoms with Crippen LogP contribution in [0.3, 0.4) is 0 Å². The minimum atomic E-state index is -0.118. The van der Waals surface area contributed by atoms with Gasteiger partial charge in [-0.2, -0.15) is 0 Å². The van der Waals surface area contributed by atoms with Gasteiger partial charge < -0.3 is 5.73 Å². The zero-order valence-electron chi connectivity index (χ0n) is 8.93. The van der Waals surface area contributed by atoms with Crippen LogP contribution >= 0.6 is 0 Å². The predicted molar refractivity (Wildman–Crippen MR) is 57.6 cm³/mol. The maximum Gasteiger partial charge on any atom is 0.330 e. The molecule has 15 heavy (non-hydrogen) atoms. The fourth-order valence-corrected chi connectivity index (χ4v) is 1.69. The molecule has 80 valence electrons. The molecule has 0 fully saturated rings. The number of aryl methyl sites for hydroxylation is 1. The van der Waals surface area contributed by atoms with Crippen LogP contribution in [0.15, 0.2) is 11.1 Å². The first-order valence-corrected chi connectivity index (χ1v) is 4.71. The Labute approximate surface area is 86.4 Å². The Morgan fingerprint density at radius 3 is 2.67 bits per heavy atom. The van der Waals surface area contributed by atoms with Crippen molar-refractivity contribution in [3.63, 3.8) is 0 Å². The lowest BCUT2D eigenvalue weighted by Gasteiger charge is -2.06. The molecule has 0 aliphatic rings. The summed E-state index contributed by atoms with van der Waals surface area (Å²) < 4.78 is 3.08. The van der Waals surface area contributed by atoms with Gasteiger partial charge in [0.1, 0.15) is 11.8 Å². The van der Waals surface area contributed by atoms with Gasteiger partial charge in [-0.05, 0) is 13.8 Å². The fraction of sp³-hybridized carbons (Fsp3) is 0.444. The lowest BCUT2D eigenvalue weighted by Crippen LogP contribution is -2.23. The van der Waals surface area contributed by atoms with Crippen LogP contribution in [0.5, 0.6) is 0 Å². The van der Waals surface area contributed by atoms with Gasteiger partial charge in [0, 0.05) is 13.1 Å². The Balaban J connectivity index is 3.02. The molecule has 2 aromatic rings. The normalized spacial score (nSPS) is 11.5. The van der Waals surface area contributed by atoms with Gasteiger partial charge >= 0.3 is 5.69 Å². The third-order valence-electron chi connectivity index (χ3n) is 2.40. The molecule has 0 atom stereocenters. The van der Waals surface area contributed by atoms with Crippen LogP contribution in [0.1, 0.15) is 19.9 Å². The molecule has 0 unspecified atom stereocenters. The van der Waals surface area contributed by atoms with Crippen molar-refractivity contribution >= 4 is 17.0 Å². The molecule has 0 spiro atoms. The molecule has 0 saturated heterocycles. The average Bonchev–Trinajstić information content (AvgIpc) is 2.43. The molecule has 6 nitrogen and oxygen atoms in total. The SMILES string of the molecule is CC(C)n1c(=O)n(C)c2ncnc(N)c21. The summed E-state index contributed by atoms with van der Waals surface area (Å²) in [5.41, 5.74) is 6.82. The second-order valence-electron chi connectivity index (χ2n) is 3.74. The van der Waals surface area contributed by atoms with Crippen LogP contribution < -0.4 is 11.4 Å².